The molecule has 0 heterocycles. The highest BCUT2D eigenvalue weighted by Crippen LogP contribution is 2.28. The molecule has 0 radical (unpaired) electrons. The quantitative estimate of drug-likeness (QED) is 0.629. The lowest BCUT2D eigenvalue weighted by atomic mass is 9.92. The number of nitrogens with two attached hydrogens (primary N) is 1. The minimum absolute atomic E-state index is 0.00794. The molecule has 0 aromatic heterocycles. The number of aryl methyl sites for hydroxylation is 2. The molecular formula is C18H24N2O. The van der Waals surface area contributed by atoms with Crippen LogP contribution in [0, 0.1) is 13.8 Å². The second kappa shape index (κ2) is 7.25. The maximum absolute atomic E-state index is 5.81. The Morgan fingerprint density at radius 3 is 2.19 bits per heavy atom. The van der Waals surface area contributed by atoms with E-state index in [2.05, 4.69) is 56.5 Å². The lowest BCUT2D eigenvalue weighted by molar-refractivity contribution is 0.317. The van der Waals surface area contributed by atoms with E-state index in [-0.39, 0.29) is 6.04 Å². The van der Waals surface area contributed by atoms with Crippen molar-refractivity contribution < 1.29 is 4.74 Å². The Morgan fingerprint density at radius 2 is 1.67 bits per heavy atom. The van der Waals surface area contributed by atoms with Crippen molar-refractivity contribution in [1.82, 2.24) is 5.43 Å². The predicted octanol–water partition coefficient (Wildman–Crippen LogP) is 3.64. The van der Waals surface area contributed by atoms with Crippen LogP contribution in [0.5, 0.6) is 5.75 Å². The van der Waals surface area contributed by atoms with Crippen molar-refractivity contribution in [3.05, 3.63) is 64.7 Å². The molecule has 0 aliphatic heterocycles. The van der Waals surface area contributed by atoms with Crippen LogP contribution in [0.15, 0.2) is 42.5 Å². The smallest absolute Gasteiger partial charge is 0.119 e. The van der Waals surface area contributed by atoms with Gasteiger partial charge in [-0.2, -0.15) is 0 Å². The topological polar surface area (TPSA) is 47.3 Å². The normalized spacial score (nSPS) is 12.2. The predicted molar refractivity (Wildman–Crippen MR) is 87.3 cm³/mol. The fourth-order valence-electron chi connectivity index (χ4n) is 2.61. The van der Waals surface area contributed by atoms with Gasteiger partial charge in [0.05, 0.1) is 12.6 Å². The van der Waals surface area contributed by atoms with Crippen molar-refractivity contribution in [2.45, 2.75) is 33.2 Å². The molecule has 0 amide bonds. The molecule has 21 heavy (non-hydrogen) atoms. The first-order chi connectivity index (χ1) is 10.2. The number of hydrazine groups is 1. The SMILES string of the molecule is CCCOc1ccc(C(NN)c2c(C)cccc2C)cc1. The number of benzene rings is 2. The fourth-order valence-corrected chi connectivity index (χ4v) is 2.61. The Hall–Kier alpha value is -1.84. The van der Waals surface area contributed by atoms with Crippen molar-refractivity contribution in [2.24, 2.45) is 5.84 Å². The summed E-state index contributed by atoms with van der Waals surface area (Å²) >= 11 is 0. The van der Waals surface area contributed by atoms with E-state index in [4.69, 9.17) is 10.6 Å². The third-order valence-electron chi connectivity index (χ3n) is 3.68. The molecule has 2 aromatic rings. The minimum atomic E-state index is -0.00794. The van der Waals surface area contributed by atoms with Crippen molar-refractivity contribution in [1.29, 1.82) is 0 Å². The molecule has 3 N–H and O–H groups in total. The van der Waals surface area contributed by atoms with E-state index in [1.54, 1.807) is 0 Å². The van der Waals surface area contributed by atoms with Crippen LogP contribution in [0.3, 0.4) is 0 Å². The maximum atomic E-state index is 5.81. The van der Waals surface area contributed by atoms with Crippen LogP contribution in [0.25, 0.3) is 0 Å². The standard InChI is InChI=1S/C18H24N2O/c1-4-12-21-16-10-8-15(9-11-16)18(20-19)17-13(2)6-5-7-14(17)3/h5-11,18,20H,4,12,19H2,1-3H3. The number of ether oxygens (including phenoxy) is 1. The van der Waals surface area contributed by atoms with Crippen molar-refractivity contribution in [2.75, 3.05) is 6.61 Å². The van der Waals surface area contributed by atoms with Crippen LogP contribution in [0.4, 0.5) is 0 Å². The zero-order chi connectivity index (χ0) is 15.2. The Labute approximate surface area is 127 Å². The van der Waals surface area contributed by atoms with Gasteiger partial charge in [-0.15, -0.1) is 0 Å². The lowest BCUT2D eigenvalue weighted by Gasteiger charge is -2.21. The summed E-state index contributed by atoms with van der Waals surface area (Å²) in [6.07, 6.45) is 1.01. The molecule has 112 valence electrons. The summed E-state index contributed by atoms with van der Waals surface area (Å²) in [6, 6.07) is 14.4. The summed E-state index contributed by atoms with van der Waals surface area (Å²) < 4.78 is 5.63. The van der Waals surface area contributed by atoms with Gasteiger partial charge in [0.2, 0.25) is 0 Å². The van der Waals surface area contributed by atoms with Crippen LogP contribution in [0.1, 0.15) is 41.6 Å². The molecule has 0 aliphatic rings. The van der Waals surface area contributed by atoms with Gasteiger partial charge in [0.15, 0.2) is 0 Å². The molecule has 3 heteroatoms. The maximum Gasteiger partial charge on any atom is 0.119 e. The van der Waals surface area contributed by atoms with Gasteiger partial charge < -0.3 is 4.74 Å². The molecular weight excluding hydrogens is 260 g/mol. The van der Waals surface area contributed by atoms with Gasteiger partial charge in [0, 0.05) is 0 Å². The van der Waals surface area contributed by atoms with E-state index >= 15 is 0 Å². The summed E-state index contributed by atoms with van der Waals surface area (Å²) in [5.41, 5.74) is 7.79. The van der Waals surface area contributed by atoms with Gasteiger partial charge in [-0.25, -0.2) is 5.43 Å². The summed E-state index contributed by atoms with van der Waals surface area (Å²) in [5, 5.41) is 0. The number of rotatable bonds is 6. The molecule has 2 rings (SSSR count). The van der Waals surface area contributed by atoms with Gasteiger partial charge in [-0.05, 0) is 54.7 Å². The third kappa shape index (κ3) is 3.63. The van der Waals surface area contributed by atoms with E-state index in [0.717, 1.165) is 24.3 Å². The van der Waals surface area contributed by atoms with E-state index < -0.39 is 0 Å². The Kier molecular flexibility index (Phi) is 5.37. The van der Waals surface area contributed by atoms with E-state index in [9.17, 15) is 0 Å². The van der Waals surface area contributed by atoms with Gasteiger partial charge in [-0.3, -0.25) is 5.84 Å². The Balaban J connectivity index is 2.29. The minimum Gasteiger partial charge on any atom is -0.494 e. The summed E-state index contributed by atoms with van der Waals surface area (Å²) in [7, 11) is 0. The third-order valence-corrected chi connectivity index (χ3v) is 3.68. The monoisotopic (exact) mass is 284 g/mol. The average molecular weight is 284 g/mol. The zero-order valence-corrected chi connectivity index (χ0v) is 13.0. The second-order valence-corrected chi connectivity index (χ2v) is 5.32. The molecule has 0 spiro atoms. The molecule has 2 aromatic carbocycles. The fraction of sp³-hybridized carbons (Fsp3) is 0.333. The first-order valence-corrected chi connectivity index (χ1v) is 7.42. The highest BCUT2D eigenvalue weighted by atomic mass is 16.5. The average Bonchev–Trinajstić information content (AvgIpc) is 2.50. The Bertz CT molecular complexity index is 558. The largest absolute Gasteiger partial charge is 0.494 e. The number of hydrogen-bond acceptors (Lipinski definition) is 3. The zero-order valence-electron chi connectivity index (χ0n) is 13.0. The molecule has 0 saturated heterocycles. The first kappa shape index (κ1) is 15.5. The number of hydrogen-bond donors (Lipinski definition) is 2. The molecule has 3 nitrogen and oxygen atoms in total. The van der Waals surface area contributed by atoms with Crippen LogP contribution in [-0.4, -0.2) is 6.61 Å². The molecule has 0 aliphatic carbocycles. The van der Waals surface area contributed by atoms with Crippen molar-refractivity contribution in [3.63, 3.8) is 0 Å². The molecule has 1 atom stereocenters. The highest BCUT2D eigenvalue weighted by Gasteiger charge is 2.16. The molecule has 0 fully saturated rings. The van der Waals surface area contributed by atoms with Gasteiger partial charge in [0.25, 0.3) is 0 Å². The van der Waals surface area contributed by atoms with Gasteiger partial charge in [-0.1, -0.05) is 37.3 Å². The van der Waals surface area contributed by atoms with Crippen molar-refractivity contribution >= 4 is 0 Å². The molecule has 0 bridgehead atoms. The van der Waals surface area contributed by atoms with Crippen LogP contribution in [-0.2, 0) is 0 Å². The van der Waals surface area contributed by atoms with Crippen LogP contribution >= 0.6 is 0 Å². The van der Waals surface area contributed by atoms with Crippen LogP contribution in [0.2, 0.25) is 0 Å². The van der Waals surface area contributed by atoms with Crippen LogP contribution < -0.4 is 16.0 Å². The van der Waals surface area contributed by atoms with E-state index in [0.29, 0.717) is 0 Å². The van der Waals surface area contributed by atoms with E-state index in [1.807, 2.05) is 12.1 Å². The number of nitrogens with one attached hydrogen (secondary N) is 1. The van der Waals surface area contributed by atoms with Crippen molar-refractivity contribution in [3.8, 4) is 5.75 Å². The van der Waals surface area contributed by atoms with Gasteiger partial charge in [0.1, 0.15) is 5.75 Å². The summed E-state index contributed by atoms with van der Waals surface area (Å²) in [6.45, 7) is 7.08. The highest BCUT2D eigenvalue weighted by molar-refractivity contribution is 5.42. The lowest BCUT2D eigenvalue weighted by Crippen LogP contribution is -2.30. The summed E-state index contributed by atoms with van der Waals surface area (Å²) in [4.78, 5) is 0. The van der Waals surface area contributed by atoms with Gasteiger partial charge >= 0.3 is 0 Å². The Morgan fingerprint density at radius 1 is 1.05 bits per heavy atom. The van der Waals surface area contributed by atoms with E-state index in [1.165, 1.54) is 16.7 Å². The molecule has 0 saturated carbocycles. The molecule has 1 unspecified atom stereocenters. The first-order valence-electron chi connectivity index (χ1n) is 7.42. The second-order valence-electron chi connectivity index (χ2n) is 5.32. The summed E-state index contributed by atoms with van der Waals surface area (Å²) in [5.74, 6) is 6.71.